The summed E-state index contributed by atoms with van der Waals surface area (Å²) in [6, 6.07) is 11.3. The molecule has 30 heavy (non-hydrogen) atoms. The van der Waals surface area contributed by atoms with Gasteiger partial charge in [-0.15, -0.1) is 0 Å². The molecular weight excluding hydrogens is 390 g/mol. The zero-order valence-electron chi connectivity index (χ0n) is 16.8. The fourth-order valence-corrected chi connectivity index (χ4v) is 3.89. The smallest absolute Gasteiger partial charge is 0.280 e. The van der Waals surface area contributed by atoms with Crippen LogP contribution in [0.5, 0.6) is 0 Å². The third kappa shape index (κ3) is 4.58. The Morgan fingerprint density at radius 1 is 1.30 bits per heavy atom. The van der Waals surface area contributed by atoms with Crippen molar-refractivity contribution in [3.8, 4) is 0 Å². The number of likely N-dealkylation sites (tertiary alicyclic amines) is 1. The SMILES string of the molecule is Cc1cc(C(F)F)n(CC(=O)N2CCC[C@@H](c3ncc(Cc4ccccc4)o3)C2)n1. The van der Waals surface area contributed by atoms with Crippen LogP contribution in [0.1, 0.15) is 53.8 Å². The molecule has 3 heterocycles. The molecule has 158 valence electrons. The summed E-state index contributed by atoms with van der Waals surface area (Å²) in [7, 11) is 0. The Bertz CT molecular complexity index is 1000. The van der Waals surface area contributed by atoms with Crippen molar-refractivity contribution in [1.29, 1.82) is 0 Å². The normalized spacial score (nSPS) is 16.9. The lowest BCUT2D eigenvalue weighted by atomic mass is 9.98. The molecule has 1 aromatic carbocycles. The molecule has 0 aliphatic carbocycles. The molecule has 2 aromatic heterocycles. The molecule has 1 aliphatic rings. The first kappa shape index (κ1) is 20.3. The number of hydrogen-bond donors (Lipinski definition) is 0. The average Bonchev–Trinajstić information content (AvgIpc) is 3.35. The molecule has 0 spiro atoms. The average molecular weight is 414 g/mol. The van der Waals surface area contributed by atoms with Crippen molar-refractivity contribution in [3.05, 3.63) is 71.2 Å². The van der Waals surface area contributed by atoms with Crippen LogP contribution >= 0.6 is 0 Å². The lowest BCUT2D eigenvalue weighted by Gasteiger charge is -2.31. The Kier molecular flexibility index (Phi) is 5.92. The number of nitrogens with zero attached hydrogens (tertiary/aromatic N) is 4. The number of carbonyl (C=O) groups is 1. The van der Waals surface area contributed by atoms with Gasteiger partial charge in [0.25, 0.3) is 6.43 Å². The third-order valence-corrected chi connectivity index (χ3v) is 5.36. The number of oxazole rings is 1. The first-order valence-corrected chi connectivity index (χ1v) is 10.1. The van der Waals surface area contributed by atoms with Crippen LogP contribution in [-0.4, -0.2) is 38.7 Å². The maximum atomic E-state index is 13.2. The van der Waals surface area contributed by atoms with Gasteiger partial charge in [0.15, 0.2) is 5.89 Å². The summed E-state index contributed by atoms with van der Waals surface area (Å²) in [6.07, 6.45) is 1.43. The predicted octanol–water partition coefficient (Wildman–Crippen LogP) is 4.11. The van der Waals surface area contributed by atoms with Crippen molar-refractivity contribution in [3.63, 3.8) is 0 Å². The molecule has 0 radical (unpaired) electrons. The molecule has 1 saturated heterocycles. The van der Waals surface area contributed by atoms with Crippen LogP contribution in [-0.2, 0) is 17.8 Å². The lowest BCUT2D eigenvalue weighted by molar-refractivity contribution is -0.133. The summed E-state index contributed by atoms with van der Waals surface area (Å²) in [6.45, 7) is 2.51. The van der Waals surface area contributed by atoms with E-state index in [1.807, 2.05) is 30.3 Å². The van der Waals surface area contributed by atoms with Gasteiger partial charge in [-0.05, 0) is 31.4 Å². The number of carbonyl (C=O) groups excluding carboxylic acids is 1. The van der Waals surface area contributed by atoms with Crippen molar-refractivity contribution in [2.45, 2.75) is 45.1 Å². The van der Waals surface area contributed by atoms with Crippen LogP contribution in [0.15, 0.2) is 47.0 Å². The monoisotopic (exact) mass is 414 g/mol. The van der Waals surface area contributed by atoms with E-state index in [-0.39, 0.29) is 24.1 Å². The minimum Gasteiger partial charge on any atom is -0.445 e. The molecule has 0 saturated carbocycles. The number of amides is 1. The Morgan fingerprint density at radius 3 is 2.87 bits per heavy atom. The Labute approximate surface area is 173 Å². The summed E-state index contributed by atoms with van der Waals surface area (Å²) < 4.78 is 33.4. The zero-order chi connectivity index (χ0) is 21.1. The van der Waals surface area contributed by atoms with Gasteiger partial charge in [0.2, 0.25) is 5.91 Å². The second kappa shape index (κ2) is 8.77. The molecule has 1 atom stereocenters. The quantitative estimate of drug-likeness (QED) is 0.609. The number of benzene rings is 1. The molecule has 8 heteroatoms. The lowest BCUT2D eigenvalue weighted by Crippen LogP contribution is -2.41. The summed E-state index contributed by atoms with van der Waals surface area (Å²) >= 11 is 0. The highest BCUT2D eigenvalue weighted by molar-refractivity contribution is 5.76. The van der Waals surface area contributed by atoms with Crippen molar-refractivity contribution >= 4 is 5.91 Å². The summed E-state index contributed by atoms with van der Waals surface area (Å²) in [4.78, 5) is 18.9. The van der Waals surface area contributed by atoms with Gasteiger partial charge in [0, 0.05) is 19.5 Å². The molecule has 3 aromatic rings. The highest BCUT2D eigenvalue weighted by Gasteiger charge is 2.29. The topological polar surface area (TPSA) is 64.2 Å². The highest BCUT2D eigenvalue weighted by atomic mass is 19.3. The van der Waals surface area contributed by atoms with Crippen LogP contribution in [0.3, 0.4) is 0 Å². The molecular formula is C22H24F2N4O2. The van der Waals surface area contributed by atoms with E-state index < -0.39 is 6.43 Å². The molecule has 1 fully saturated rings. The molecule has 0 bridgehead atoms. The minimum atomic E-state index is -2.66. The molecule has 6 nitrogen and oxygen atoms in total. The maximum Gasteiger partial charge on any atom is 0.280 e. The molecule has 0 unspecified atom stereocenters. The van der Waals surface area contributed by atoms with Gasteiger partial charge < -0.3 is 9.32 Å². The summed E-state index contributed by atoms with van der Waals surface area (Å²) in [5, 5.41) is 4.05. The number of aryl methyl sites for hydroxylation is 1. The van der Waals surface area contributed by atoms with Crippen LogP contribution in [0.2, 0.25) is 0 Å². The van der Waals surface area contributed by atoms with Gasteiger partial charge >= 0.3 is 0 Å². The second-order valence-electron chi connectivity index (χ2n) is 7.68. The van der Waals surface area contributed by atoms with Crippen molar-refractivity contribution in [1.82, 2.24) is 19.7 Å². The molecule has 4 rings (SSSR count). The summed E-state index contributed by atoms with van der Waals surface area (Å²) in [5.74, 6) is 1.19. The van der Waals surface area contributed by atoms with Gasteiger partial charge in [-0.3, -0.25) is 9.48 Å². The highest BCUT2D eigenvalue weighted by Crippen LogP contribution is 2.28. The molecule has 1 aliphatic heterocycles. The van der Waals surface area contributed by atoms with Crippen molar-refractivity contribution < 1.29 is 18.0 Å². The fraction of sp³-hybridized carbons (Fsp3) is 0.409. The Hall–Kier alpha value is -3.03. The van der Waals surface area contributed by atoms with E-state index in [4.69, 9.17) is 4.42 Å². The van der Waals surface area contributed by atoms with Gasteiger partial charge in [-0.25, -0.2) is 13.8 Å². The fourth-order valence-electron chi connectivity index (χ4n) is 3.89. The Balaban J connectivity index is 1.40. The van der Waals surface area contributed by atoms with E-state index in [0.29, 0.717) is 31.1 Å². The van der Waals surface area contributed by atoms with Crippen LogP contribution in [0, 0.1) is 6.92 Å². The van der Waals surface area contributed by atoms with E-state index in [0.717, 1.165) is 28.8 Å². The predicted molar refractivity (Wildman–Crippen MR) is 106 cm³/mol. The van der Waals surface area contributed by atoms with Gasteiger partial charge in [0.05, 0.1) is 17.8 Å². The first-order valence-electron chi connectivity index (χ1n) is 10.1. The minimum absolute atomic E-state index is 0.00106. The van der Waals surface area contributed by atoms with Crippen LogP contribution < -0.4 is 0 Å². The summed E-state index contributed by atoms with van der Waals surface area (Å²) in [5.41, 5.74) is 1.39. The molecule has 0 N–H and O–H groups in total. The largest absolute Gasteiger partial charge is 0.445 e. The maximum absolute atomic E-state index is 13.2. The standard InChI is InChI=1S/C22H24F2N4O2/c1-15-10-19(21(23)24)28(26-15)14-20(29)27-9-5-8-17(13-27)22-25-12-18(30-22)11-16-6-3-2-4-7-16/h2-4,6-7,10,12,17,21H,5,8-9,11,13-14H2,1H3/t17-/m1/s1. The first-order chi connectivity index (χ1) is 14.5. The van der Waals surface area contributed by atoms with E-state index >= 15 is 0 Å². The van der Waals surface area contributed by atoms with Gasteiger partial charge in [0.1, 0.15) is 18.0 Å². The zero-order valence-corrected chi connectivity index (χ0v) is 16.8. The molecule has 1 amide bonds. The number of aromatic nitrogens is 3. The number of piperidine rings is 1. The van der Waals surface area contributed by atoms with Crippen molar-refractivity contribution in [2.24, 2.45) is 0 Å². The number of alkyl halides is 2. The van der Waals surface area contributed by atoms with Crippen LogP contribution in [0.25, 0.3) is 0 Å². The number of rotatable bonds is 6. The number of hydrogen-bond acceptors (Lipinski definition) is 4. The van der Waals surface area contributed by atoms with E-state index in [9.17, 15) is 13.6 Å². The van der Waals surface area contributed by atoms with E-state index in [2.05, 4.69) is 10.1 Å². The van der Waals surface area contributed by atoms with Crippen molar-refractivity contribution in [2.75, 3.05) is 13.1 Å². The second-order valence-corrected chi connectivity index (χ2v) is 7.68. The third-order valence-electron chi connectivity index (χ3n) is 5.36. The van der Waals surface area contributed by atoms with E-state index in [1.165, 1.54) is 6.07 Å². The number of halogens is 2. The van der Waals surface area contributed by atoms with Gasteiger partial charge in [-0.1, -0.05) is 30.3 Å². The van der Waals surface area contributed by atoms with Gasteiger partial charge in [-0.2, -0.15) is 5.10 Å². The van der Waals surface area contributed by atoms with Crippen LogP contribution in [0.4, 0.5) is 8.78 Å². The van der Waals surface area contributed by atoms with E-state index in [1.54, 1.807) is 18.0 Å². The Morgan fingerprint density at radius 2 is 2.10 bits per heavy atom.